The van der Waals surface area contributed by atoms with E-state index in [1.807, 2.05) is 12.1 Å². The van der Waals surface area contributed by atoms with Crippen LogP contribution in [0.2, 0.25) is 0 Å². The zero-order valence-corrected chi connectivity index (χ0v) is 16.8. The summed E-state index contributed by atoms with van der Waals surface area (Å²) in [7, 11) is 4.67. The van der Waals surface area contributed by atoms with Gasteiger partial charge in [0.1, 0.15) is 11.6 Å². The van der Waals surface area contributed by atoms with Crippen molar-refractivity contribution in [1.82, 2.24) is 4.90 Å². The van der Waals surface area contributed by atoms with Crippen LogP contribution < -0.4 is 14.2 Å². The molecule has 0 amide bonds. The summed E-state index contributed by atoms with van der Waals surface area (Å²) in [6.07, 6.45) is 1.44. The van der Waals surface area contributed by atoms with Crippen LogP contribution in [-0.2, 0) is 6.54 Å². The van der Waals surface area contributed by atoms with E-state index in [-0.39, 0.29) is 17.3 Å². The van der Waals surface area contributed by atoms with Crippen molar-refractivity contribution < 1.29 is 27.8 Å². The van der Waals surface area contributed by atoms with Gasteiger partial charge in [-0.25, -0.2) is 8.78 Å². The Morgan fingerprint density at radius 2 is 1.83 bits per heavy atom. The molecule has 1 unspecified atom stereocenters. The Bertz CT molecular complexity index is 887. The molecule has 0 spiro atoms. The number of hydrogen-bond donors (Lipinski definition) is 0. The fraction of sp³-hybridized carbons (Fsp3) is 0.409. The third-order valence-electron chi connectivity index (χ3n) is 5.25. The van der Waals surface area contributed by atoms with Crippen LogP contribution in [0.3, 0.4) is 0 Å². The van der Waals surface area contributed by atoms with Gasteiger partial charge in [0.15, 0.2) is 17.3 Å². The molecule has 0 aromatic heterocycles. The van der Waals surface area contributed by atoms with E-state index < -0.39 is 11.6 Å². The molecule has 1 fully saturated rings. The molecule has 0 bridgehead atoms. The number of piperidine rings is 1. The Hall–Kier alpha value is -2.67. The van der Waals surface area contributed by atoms with Crippen LogP contribution in [0.15, 0.2) is 30.3 Å². The van der Waals surface area contributed by atoms with Gasteiger partial charge in [0, 0.05) is 24.6 Å². The van der Waals surface area contributed by atoms with Crippen LogP contribution in [0.4, 0.5) is 8.78 Å². The molecule has 1 atom stereocenters. The number of nitrogens with zero attached hydrogens (tertiary/aromatic N) is 1. The summed E-state index contributed by atoms with van der Waals surface area (Å²) in [5.74, 6) is -0.374. The predicted molar refractivity (Wildman–Crippen MR) is 105 cm³/mol. The second kappa shape index (κ2) is 9.22. The van der Waals surface area contributed by atoms with Gasteiger partial charge in [-0.1, -0.05) is 6.07 Å². The van der Waals surface area contributed by atoms with Gasteiger partial charge in [0.2, 0.25) is 5.75 Å². The average Bonchev–Trinajstić information content (AvgIpc) is 2.74. The number of benzene rings is 2. The summed E-state index contributed by atoms with van der Waals surface area (Å²) in [6, 6.07) is 6.71. The van der Waals surface area contributed by atoms with Crippen molar-refractivity contribution in [2.45, 2.75) is 19.4 Å². The number of ketones is 1. The van der Waals surface area contributed by atoms with Gasteiger partial charge in [-0.3, -0.25) is 9.69 Å². The fourth-order valence-corrected chi connectivity index (χ4v) is 3.85. The zero-order valence-electron chi connectivity index (χ0n) is 16.8. The number of methoxy groups -OCH3 is 3. The summed E-state index contributed by atoms with van der Waals surface area (Å²) < 4.78 is 43.8. The van der Waals surface area contributed by atoms with Gasteiger partial charge in [-0.05, 0) is 43.7 Å². The van der Waals surface area contributed by atoms with E-state index in [4.69, 9.17) is 14.2 Å². The molecule has 1 saturated heterocycles. The SMILES string of the molecule is COc1ccc(CN2CCCC(C(=O)c3cc(F)ccc3F)C2)c(OC)c1OC. The van der Waals surface area contributed by atoms with Crippen LogP contribution >= 0.6 is 0 Å². The van der Waals surface area contributed by atoms with Crippen molar-refractivity contribution in [3.05, 3.63) is 53.1 Å². The molecule has 2 aromatic carbocycles. The number of carbonyl (C=O) groups is 1. The highest BCUT2D eigenvalue weighted by Crippen LogP contribution is 2.40. The van der Waals surface area contributed by atoms with Gasteiger partial charge in [0.05, 0.1) is 26.9 Å². The number of likely N-dealkylation sites (tertiary alicyclic amines) is 1. The van der Waals surface area contributed by atoms with Crippen LogP contribution in [0.5, 0.6) is 17.2 Å². The van der Waals surface area contributed by atoms with Crippen LogP contribution in [0.1, 0.15) is 28.8 Å². The smallest absolute Gasteiger partial charge is 0.203 e. The summed E-state index contributed by atoms with van der Waals surface area (Å²) in [4.78, 5) is 14.9. The largest absolute Gasteiger partial charge is 0.493 e. The monoisotopic (exact) mass is 405 g/mol. The van der Waals surface area contributed by atoms with Gasteiger partial charge in [-0.15, -0.1) is 0 Å². The van der Waals surface area contributed by atoms with E-state index in [9.17, 15) is 13.6 Å². The highest BCUT2D eigenvalue weighted by molar-refractivity contribution is 5.98. The maximum absolute atomic E-state index is 14.0. The normalized spacial score (nSPS) is 17.1. The molecule has 0 saturated carbocycles. The summed E-state index contributed by atoms with van der Waals surface area (Å²) >= 11 is 0. The Kier molecular flexibility index (Phi) is 6.69. The van der Waals surface area contributed by atoms with E-state index in [2.05, 4.69) is 4.90 Å². The van der Waals surface area contributed by atoms with Crippen LogP contribution in [0.25, 0.3) is 0 Å². The molecule has 1 heterocycles. The molecule has 0 N–H and O–H groups in total. The fourth-order valence-electron chi connectivity index (χ4n) is 3.85. The number of hydrogen-bond acceptors (Lipinski definition) is 5. The Morgan fingerprint density at radius 1 is 1.07 bits per heavy atom. The second-order valence-corrected chi connectivity index (χ2v) is 7.06. The summed E-state index contributed by atoms with van der Waals surface area (Å²) in [5.41, 5.74) is 0.718. The molecule has 7 heteroatoms. The van der Waals surface area contributed by atoms with Crippen molar-refractivity contribution in [2.75, 3.05) is 34.4 Å². The number of carbonyl (C=O) groups excluding carboxylic acids is 1. The van der Waals surface area contributed by atoms with Gasteiger partial charge in [0.25, 0.3) is 0 Å². The van der Waals surface area contributed by atoms with Crippen LogP contribution in [0, 0.1) is 17.6 Å². The first-order valence-corrected chi connectivity index (χ1v) is 9.48. The lowest BCUT2D eigenvalue weighted by Gasteiger charge is -2.32. The van der Waals surface area contributed by atoms with E-state index in [0.717, 1.165) is 36.7 Å². The second-order valence-electron chi connectivity index (χ2n) is 7.06. The lowest BCUT2D eigenvalue weighted by Crippen LogP contribution is -2.38. The van der Waals surface area contributed by atoms with Crippen molar-refractivity contribution in [3.63, 3.8) is 0 Å². The molecular weight excluding hydrogens is 380 g/mol. The van der Waals surface area contributed by atoms with Gasteiger partial charge < -0.3 is 14.2 Å². The van der Waals surface area contributed by atoms with E-state index in [1.54, 1.807) is 21.3 Å². The van der Waals surface area contributed by atoms with E-state index in [1.165, 1.54) is 0 Å². The Labute approximate surface area is 169 Å². The van der Waals surface area contributed by atoms with Gasteiger partial charge in [-0.2, -0.15) is 0 Å². The Morgan fingerprint density at radius 3 is 2.52 bits per heavy atom. The van der Waals surface area contributed by atoms with Crippen molar-refractivity contribution in [3.8, 4) is 17.2 Å². The minimum Gasteiger partial charge on any atom is -0.493 e. The third kappa shape index (κ3) is 4.50. The van der Waals surface area contributed by atoms with E-state index in [0.29, 0.717) is 36.8 Å². The molecule has 3 rings (SSSR count). The van der Waals surface area contributed by atoms with E-state index >= 15 is 0 Å². The standard InChI is InChI=1S/C22H25F2NO4/c1-27-19-9-6-15(21(28-2)22(19)29-3)13-25-10-4-5-14(12-25)20(26)17-11-16(23)7-8-18(17)24/h6-9,11,14H,4-5,10,12-13H2,1-3H3. The number of Topliss-reactive ketones (excluding diaryl/α,β-unsaturated/α-hetero) is 1. The molecule has 5 nitrogen and oxygen atoms in total. The topological polar surface area (TPSA) is 48.0 Å². The van der Waals surface area contributed by atoms with Crippen LogP contribution in [-0.4, -0.2) is 45.1 Å². The highest BCUT2D eigenvalue weighted by Gasteiger charge is 2.29. The molecular formula is C22H25F2NO4. The summed E-state index contributed by atoms with van der Waals surface area (Å²) in [6.45, 7) is 1.80. The highest BCUT2D eigenvalue weighted by atomic mass is 19.1. The minimum absolute atomic E-state index is 0.180. The Balaban J connectivity index is 1.78. The maximum atomic E-state index is 14.0. The average molecular weight is 405 g/mol. The molecule has 156 valence electrons. The first-order valence-electron chi connectivity index (χ1n) is 9.48. The lowest BCUT2D eigenvalue weighted by atomic mass is 9.89. The first-order chi connectivity index (χ1) is 14.0. The molecule has 0 radical (unpaired) electrons. The van der Waals surface area contributed by atoms with Crippen molar-refractivity contribution in [1.29, 1.82) is 0 Å². The first kappa shape index (κ1) is 21.0. The molecule has 0 aliphatic carbocycles. The molecule has 2 aromatic rings. The number of ether oxygens (including phenoxy) is 3. The quantitative estimate of drug-likeness (QED) is 0.650. The number of rotatable bonds is 7. The zero-order chi connectivity index (χ0) is 21.0. The molecule has 1 aliphatic rings. The molecule has 29 heavy (non-hydrogen) atoms. The lowest BCUT2D eigenvalue weighted by molar-refractivity contribution is 0.0806. The van der Waals surface area contributed by atoms with Crippen molar-refractivity contribution >= 4 is 5.78 Å². The summed E-state index contributed by atoms with van der Waals surface area (Å²) in [5, 5.41) is 0. The minimum atomic E-state index is -0.685. The van der Waals surface area contributed by atoms with Crippen molar-refractivity contribution in [2.24, 2.45) is 5.92 Å². The van der Waals surface area contributed by atoms with Gasteiger partial charge >= 0.3 is 0 Å². The maximum Gasteiger partial charge on any atom is 0.203 e. The third-order valence-corrected chi connectivity index (χ3v) is 5.25. The molecule has 1 aliphatic heterocycles. The number of halogens is 2. The predicted octanol–water partition coefficient (Wildman–Crippen LogP) is 4.09.